The number of anilines is 1. The van der Waals surface area contributed by atoms with E-state index in [1.54, 1.807) is 42.5 Å². The second-order valence-corrected chi connectivity index (χ2v) is 12.5. The van der Waals surface area contributed by atoms with Crippen molar-refractivity contribution >= 4 is 34.4 Å². The van der Waals surface area contributed by atoms with E-state index in [4.69, 9.17) is 14.2 Å². The monoisotopic (exact) mass is 670 g/mol. The number of benzene rings is 3. The number of hydrogen-bond donors (Lipinski definition) is 1. The molecule has 10 nitrogen and oxygen atoms in total. The van der Waals surface area contributed by atoms with Crippen LogP contribution in [0.1, 0.15) is 116 Å². The first kappa shape index (κ1) is 37.1. The van der Waals surface area contributed by atoms with Crippen molar-refractivity contribution in [3.8, 4) is 11.5 Å². The summed E-state index contributed by atoms with van der Waals surface area (Å²) in [5, 5.41) is 11.2. The van der Waals surface area contributed by atoms with E-state index in [1.807, 2.05) is 19.1 Å². The molecule has 1 aromatic heterocycles. The van der Waals surface area contributed by atoms with Crippen molar-refractivity contribution in [2.24, 2.45) is 0 Å². The van der Waals surface area contributed by atoms with Crippen LogP contribution in [0.3, 0.4) is 0 Å². The van der Waals surface area contributed by atoms with Gasteiger partial charge in [0.05, 0.1) is 37.6 Å². The van der Waals surface area contributed by atoms with Crippen LogP contribution in [0.15, 0.2) is 60.7 Å². The van der Waals surface area contributed by atoms with Crippen molar-refractivity contribution in [1.29, 1.82) is 0 Å². The van der Waals surface area contributed by atoms with Crippen molar-refractivity contribution in [1.82, 2.24) is 15.0 Å². The smallest absolute Gasteiger partial charge is 0.338 e. The molecule has 1 amide bonds. The summed E-state index contributed by atoms with van der Waals surface area (Å²) in [4.78, 5) is 40.9. The summed E-state index contributed by atoms with van der Waals surface area (Å²) in [6.45, 7) is 4.47. The quantitative estimate of drug-likeness (QED) is 0.0405. The number of Topliss-reactive ketones (excluding diaryl/α,β-unsaturated/α-hetero) is 1. The molecule has 3 aromatic carbocycles. The van der Waals surface area contributed by atoms with E-state index in [0.717, 1.165) is 24.8 Å². The molecular formula is C39H50N4O6. The molecule has 0 spiro atoms. The Balaban J connectivity index is 1.39. The number of ether oxygens (including phenoxy) is 3. The maximum atomic E-state index is 14.0. The summed E-state index contributed by atoms with van der Waals surface area (Å²) in [5.41, 5.74) is 2.77. The van der Waals surface area contributed by atoms with Gasteiger partial charge >= 0.3 is 5.97 Å². The molecule has 10 heteroatoms. The lowest BCUT2D eigenvalue weighted by atomic mass is 10.0. The minimum Gasteiger partial charge on any atom is -0.497 e. The molecule has 0 radical (unpaired) electrons. The van der Waals surface area contributed by atoms with Gasteiger partial charge in [0.1, 0.15) is 17.0 Å². The number of carbonyl (C=O) groups excluding carboxylic acids is 3. The molecule has 1 N–H and O–H groups in total. The van der Waals surface area contributed by atoms with Gasteiger partial charge in [-0.2, -0.15) is 0 Å². The number of ketones is 1. The van der Waals surface area contributed by atoms with Gasteiger partial charge in [-0.05, 0) is 73.5 Å². The van der Waals surface area contributed by atoms with Gasteiger partial charge in [0.2, 0.25) is 0 Å². The van der Waals surface area contributed by atoms with Gasteiger partial charge in [0.15, 0.2) is 11.8 Å². The van der Waals surface area contributed by atoms with Crippen LogP contribution in [0.2, 0.25) is 0 Å². The maximum Gasteiger partial charge on any atom is 0.338 e. The second kappa shape index (κ2) is 19.3. The summed E-state index contributed by atoms with van der Waals surface area (Å²) >= 11 is 0. The summed E-state index contributed by atoms with van der Waals surface area (Å²) in [6, 6.07) is 15.3. The van der Waals surface area contributed by atoms with Crippen LogP contribution >= 0.6 is 0 Å². The van der Waals surface area contributed by atoms with E-state index in [2.05, 4.69) is 22.6 Å². The van der Waals surface area contributed by atoms with Crippen LogP contribution in [-0.2, 0) is 9.53 Å². The van der Waals surface area contributed by atoms with E-state index in [0.29, 0.717) is 34.7 Å². The number of fused-ring (bicyclic) bond motifs is 1. The first-order valence-electron chi connectivity index (χ1n) is 17.5. The molecule has 0 fully saturated rings. The van der Waals surface area contributed by atoms with Crippen molar-refractivity contribution in [2.45, 2.75) is 96.9 Å². The highest BCUT2D eigenvalue weighted by Crippen LogP contribution is 2.29. The predicted molar refractivity (Wildman–Crippen MR) is 192 cm³/mol. The number of esters is 1. The molecule has 0 aliphatic heterocycles. The third-order valence-corrected chi connectivity index (χ3v) is 8.67. The number of carbonyl (C=O) groups is 3. The van der Waals surface area contributed by atoms with Gasteiger partial charge < -0.3 is 19.5 Å². The molecule has 262 valence electrons. The van der Waals surface area contributed by atoms with Crippen molar-refractivity contribution in [3.63, 3.8) is 0 Å². The Morgan fingerprint density at radius 1 is 0.755 bits per heavy atom. The van der Waals surface area contributed by atoms with Crippen molar-refractivity contribution in [2.75, 3.05) is 26.1 Å². The van der Waals surface area contributed by atoms with E-state index >= 15 is 0 Å². The summed E-state index contributed by atoms with van der Waals surface area (Å²) in [5.74, 6) is -0.767. The fourth-order valence-electron chi connectivity index (χ4n) is 5.82. The van der Waals surface area contributed by atoms with Gasteiger partial charge in [-0.25, -0.2) is 9.48 Å². The number of nitrogens with zero attached hydrogens (tertiary/aromatic N) is 3. The van der Waals surface area contributed by atoms with Crippen LogP contribution in [0.4, 0.5) is 5.69 Å². The predicted octanol–water partition coefficient (Wildman–Crippen LogP) is 8.68. The number of unbranched alkanes of at least 4 members (excludes halogenated alkanes) is 11. The van der Waals surface area contributed by atoms with Crippen LogP contribution < -0.4 is 14.8 Å². The molecule has 4 aromatic rings. The van der Waals surface area contributed by atoms with Gasteiger partial charge in [0, 0.05) is 5.56 Å². The topological polar surface area (TPSA) is 122 Å². The third-order valence-electron chi connectivity index (χ3n) is 8.67. The Bertz CT molecular complexity index is 1670. The molecule has 49 heavy (non-hydrogen) atoms. The van der Waals surface area contributed by atoms with Gasteiger partial charge in [-0.1, -0.05) is 88.8 Å². The van der Waals surface area contributed by atoms with Gasteiger partial charge in [0.25, 0.3) is 5.91 Å². The van der Waals surface area contributed by atoms with Crippen LogP contribution in [-0.4, -0.2) is 53.5 Å². The molecule has 0 bridgehead atoms. The lowest BCUT2D eigenvalue weighted by Crippen LogP contribution is -2.33. The molecule has 4 rings (SSSR count). The lowest BCUT2D eigenvalue weighted by molar-refractivity contribution is -0.118. The van der Waals surface area contributed by atoms with Crippen LogP contribution in [0.25, 0.3) is 11.0 Å². The van der Waals surface area contributed by atoms with Crippen molar-refractivity contribution in [3.05, 3.63) is 77.4 Å². The number of aromatic nitrogens is 3. The molecule has 0 aliphatic rings. The van der Waals surface area contributed by atoms with Crippen molar-refractivity contribution < 1.29 is 28.6 Å². The minimum absolute atomic E-state index is 0.223. The Labute approximate surface area is 289 Å². The highest BCUT2D eigenvalue weighted by molar-refractivity contribution is 6.16. The summed E-state index contributed by atoms with van der Waals surface area (Å²) in [7, 11) is 3.00. The largest absolute Gasteiger partial charge is 0.497 e. The Morgan fingerprint density at radius 3 is 2.02 bits per heavy atom. The Hall–Kier alpha value is -4.73. The normalized spacial score (nSPS) is 11.7. The average molecular weight is 671 g/mol. The fraction of sp³-hybridized carbons (Fsp3) is 0.462. The van der Waals surface area contributed by atoms with Gasteiger partial charge in [-0.15, -0.1) is 5.10 Å². The molecule has 0 saturated carbocycles. The second-order valence-electron chi connectivity index (χ2n) is 12.5. The summed E-state index contributed by atoms with van der Waals surface area (Å²) in [6.07, 6.45) is 14.7. The molecule has 1 unspecified atom stereocenters. The standard InChI is InChI=1S/C39H50N4O6/c1-5-6-7-8-9-10-11-12-13-14-15-16-25-49-39(46)30-20-24-35(48-4)33(27-30)40-38(45)36(37(44)29-18-21-31(47-3)22-19-29)43-34-26-28(2)17-23-32(34)41-42-43/h17-24,26-27,36H,5-16,25H2,1-4H3,(H,40,45). The molecule has 0 saturated heterocycles. The third kappa shape index (κ3) is 10.6. The van der Waals surface area contributed by atoms with E-state index in [9.17, 15) is 14.4 Å². The number of rotatable bonds is 21. The number of nitrogens with one attached hydrogen (secondary N) is 1. The zero-order chi connectivity index (χ0) is 35.0. The Morgan fingerprint density at radius 2 is 1.39 bits per heavy atom. The molecule has 1 atom stereocenters. The zero-order valence-corrected chi connectivity index (χ0v) is 29.3. The molecular weight excluding hydrogens is 620 g/mol. The highest BCUT2D eigenvalue weighted by Gasteiger charge is 2.33. The van der Waals surface area contributed by atoms with E-state index < -0.39 is 23.7 Å². The number of amides is 1. The lowest BCUT2D eigenvalue weighted by Gasteiger charge is -2.19. The van der Waals surface area contributed by atoms with Crippen LogP contribution in [0, 0.1) is 6.92 Å². The Kier molecular flexibility index (Phi) is 14.6. The number of aryl methyl sites for hydroxylation is 1. The average Bonchev–Trinajstić information content (AvgIpc) is 3.52. The van der Waals surface area contributed by atoms with E-state index in [-0.39, 0.29) is 11.3 Å². The van der Waals surface area contributed by atoms with Gasteiger partial charge in [-0.3, -0.25) is 9.59 Å². The van der Waals surface area contributed by atoms with E-state index in [1.165, 1.54) is 82.8 Å². The first-order valence-corrected chi connectivity index (χ1v) is 17.5. The zero-order valence-electron chi connectivity index (χ0n) is 29.3. The fourth-order valence-corrected chi connectivity index (χ4v) is 5.82. The highest BCUT2D eigenvalue weighted by atomic mass is 16.5. The first-order chi connectivity index (χ1) is 23.9. The molecule has 1 heterocycles. The summed E-state index contributed by atoms with van der Waals surface area (Å²) < 4.78 is 17.6. The number of methoxy groups -OCH3 is 2. The maximum absolute atomic E-state index is 14.0. The molecule has 0 aliphatic carbocycles. The minimum atomic E-state index is -1.41. The van der Waals surface area contributed by atoms with Crippen LogP contribution in [0.5, 0.6) is 11.5 Å². The number of hydrogen-bond acceptors (Lipinski definition) is 8. The SMILES string of the molecule is CCCCCCCCCCCCCCOC(=O)c1ccc(OC)c(NC(=O)C(C(=O)c2ccc(OC)cc2)n2nnc3ccc(C)cc32)c1.